The van der Waals surface area contributed by atoms with Crippen molar-refractivity contribution in [1.82, 2.24) is 0 Å². The maximum Gasteiger partial charge on any atom is 0.334 e. The van der Waals surface area contributed by atoms with Crippen LogP contribution in [0.3, 0.4) is 0 Å². The number of nitro benzene ring substituents is 1. The van der Waals surface area contributed by atoms with Gasteiger partial charge in [-0.2, -0.15) is 0 Å². The van der Waals surface area contributed by atoms with Crippen molar-refractivity contribution in [2.24, 2.45) is 11.1 Å². The zero-order valence-corrected chi connectivity index (χ0v) is 22.6. The second kappa shape index (κ2) is 11.5. The molecular formula is C30H36N2O6. The van der Waals surface area contributed by atoms with E-state index in [1.165, 1.54) is 25.3 Å². The number of rotatable bonds is 9. The van der Waals surface area contributed by atoms with Gasteiger partial charge in [-0.3, -0.25) is 14.9 Å². The highest BCUT2D eigenvalue weighted by Gasteiger charge is 2.37. The van der Waals surface area contributed by atoms with Crippen LogP contribution < -0.4 is 0 Å². The lowest BCUT2D eigenvalue weighted by molar-refractivity contribution is -0.384. The maximum atomic E-state index is 12.7. The van der Waals surface area contributed by atoms with E-state index in [0.29, 0.717) is 11.6 Å². The molecule has 8 nitrogen and oxygen atoms in total. The number of esters is 1. The summed E-state index contributed by atoms with van der Waals surface area (Å²) in [6.07, 6.45) is 6.21. The average molecular weight is 521 g/mol. The fourth-order valence-corrected chi connectivity index (χ4v) is 5.62. The fourth-order valence-electron chi connectivity index (χ4n) is 5.62. The molecular weight excluding hydrogens is 484 g/mol. The Balaban J connectivity index is 1.56. The Morgan fingerprint density at radius 2 is 1.68 bits per heavy atom. The number of oxime groups is 1. The first-order valence-electron chi connectivity index (χ1n) is 13.5. The van der Waals surface area contributed by atoms with Crippen molar-refractivity contribution >= 4 is 23.3 Å². The van der Waals surface area contributed by atoms with E-state index >= 15 is 0 Å². The largest absolute Gasteiger partial charge is 0.462 e. The molecule has 1 fully saturated rings. The van der Waals surface area contributed by atoms with E-state index in [4.69, 9.17) is 9.57 Å². The molecule has 1 atom stereocenters. The maximum absolute atomic E-state index is 12.7. The molecule has 0 aromatic heterocycles. The summed E-state index contributed by atoms with van der Waals surface area (Å²) < 4.78 is 5.75. The van der Waals surface area contributed by atoms with E-state index in [0.717, 1.165) is 40.7 Å². The molecule has 38 heavy (non-hydrogen) atoms. The molecule has 1 saturated carbocycles. The lowest BCUT2D eigenvalue weighted by Gasteiger charge is -2.27. The van der Waals surface area contributed by atoms with Gasteiger partial charge in [0.15, 0.2) is 0 Å². The summed E-state index contributed by atoms with van der Waals surface area (Å²) >= 11 is 0. The molecule has 2 aliphatic rings. The SMILES string of the molecule is CCC(=O)O/N=C(/CCC(=O)OC(C)C1CCCCC1)c1ccc2c(c1)C(C)(C)c1cc([N+](=O)[O-])ccc1-2. The number of hydrogen-bond acceptors (Lipinski definition) is 7. The van der Waals surface area contributed by atoms with Crippen LogP contribution in [-0.4, -0.2) is 28.7 Å². The van der Waals surface area contributed by atoms with Crippen LogP contribution >= 0.6 is 0 Å². The Bertz CT molecular complexity index is 1260. The lowest BCUT2D eigenvalue weighted by atomic mass is 9.81. The van der Waals surface area contributed by atoms with Crippen molar-refractivity contribution in [3.8, 4) is 11.1 Å². The predicted octanol–water partition coefficient (Wildman–Crippen LogP) is 6.85. The van der Waals surface area contributed by atoms with E-state index in [2.05, 4.69) is 5.16 Å². The molecule has 0 radical (unpaired) electrons. The number of benzene rings is 2. The van der Waals surface area contributed by atoms with Gasteiger partial charge in [0.25, 0.3) is 5.69 Å². The Morgan fingerprint density at radius 1 is 1.03 bits per heavy atom. The number of nitrogens with zero attached hydrogens (tertiary/aromatic N) is 2. The van der Waals surface area contributed by atoms with Crippen LogP contribution in [0.2, 0.25) is 0 Å². The first-order valence-corrected chi connectivity index (χ1v) is 13.5. The van der Waals surface area contributed by atoms with Crippen molar-refractivity contribution < 1.29 is 24.1 Å². The number of hydrogen-bond donors (Lipinski definition) is 0. The van der Waals surface area contributed by atoms with Crippen molar-refractivity contribution in [1.29, 1.82) is 0 Å². The summed E-state index contributed by atoms with van der Waals surface area (Å²) in [6, 6.07) is 10.8. The first kappa shape index (κ1) is 27.5. The molecule has 2 aliphatic carbocycles. The van der Waals surface area contributed by atoms with Crippen LogP contribution in [0.4, 0.5) is 5.69 Å². The van der Waals surface area contributed by atoms with Gasteiger partial charge in [-0.25, -0.2) is 4.79 Å². The third-order valence-electron chi connectivity index (χ3n) is 7.95. The normalized spacial score (nSPS) is 17.3. The number of ether oxygens (including phenoxy) is 1. The second-order valence-electron chi connectivity index (χ2n) is 10.8. The van der Waals surface area contributed by atoms with Gasteiger partial charge in [0.2, 0.25) is 0 Å². The van der Waals surface area contributed by atoms with E-state index in [-0.39, 0.29) is 41.9 Å². The Labute approximate surface area is 223 Å². The minimum atomic E-state index is -0.480. The molecule has 0 bridgehead atoms. The summed E-state index contributed by atoms with van der Waals surface area (Å²) in [4.78, 5) is 40.7. The minimum Gasteiger partial charge on any atom is -0.462 e. The highest BCUT2D eigenvalue weighted by atomic mass is 16.7. The molecule has 0 amide bonds. The van der Waals surface area contributed by atoms with Gasteiger partial charge in [-0.05, 0) is 65.6 Å². The van der Waals surface area contributed by atoms with Crippen LogP contribution in [0.1, 0.15) is 95.8 Å². The molecule has 1 unspecified atom stereocenters. The molecule has 8 heteroatoms. The minimum absolute atomic E-state index is 0.0551. The number of carbonyl (C=O) groups is 2. The lowest BCUT2D eigenvalue weighted by Crippen LogP contribution is -2.26. The predicted molar refractivity (Wildman–Crippen MR) is 145 cm³/mol. The average Bonchev–Trinajstić information content (AvgIpc) is 3.14. The number of carbonyl (C=O) groups excluding carboxylic acids is 2. The summed E-state index contributed by atoms with van der Waals surface area (Å²) in [7, 11) is 0. The zero-order chi connectivity index (χ0) is 27.4. The fraction of sp³-hybridized carbons (Fsp3) is 0.500. The Hall–Kier alpha value is -3.55. The summed E-state index contributed by atoms with van der Waals surface area (Å²) in [5.41, 5.74) is 4.62. The van der Waals surface area contributed by atoms with Crippen molar-refractivity contribution in [3.05, 3.63) is 63.2 Å². The third kappa shape index (κ3) is 5.79. The standard InChI is InChI=1S/C30H36N2O6/c1-5-28(33)38-31-27(15-16-29(34)37-19(2)20-9-7-6-8-10-20)21-11-13-23-24-14-12-22(32(35)36)18-26(24)30(3,4)25(23)17-21/h11-14,17-20H,5-10,15-16H2,1-4H3/b31-27-. The van der Waals surface area contributed by atoms with E-state index in [1.54, 1.807) is 19.1 Å². The van der Waals surface area contributed by atoms with Crippen LogP contribution in [0.5, 0.6) is 0 Å². The molecule has 0 saturated heterocycles. The zero-order valence-electron chi connectivity index (χ0n) is 22.6. The van der Waals surface area contributed by atoms with E-state index < -0.39 is 11.4 Å². The number of non-ortho nitro benzene ring substituents is 1. The van der Waals surface area contributed by atoms with Crippen molar-refractivity contribution in [2.75, 3.05) is 0 Å². The van der Waals surface area contributed by atoms with Crippen molar-refractivity contribution in [3.63, 3.8) is 0 Å². The summed E-state index contributed by atoms with van der Waals surface area (Å²) in [6.45, 7) is 7.72. The van der Waals surface area contributed by atoms with Gasteiger partial charge < -0.3 is 9.57 Å². The molecule has 0 aliphatic heterocycles. The van der Waals surface area contributed by atoms with Crippen LogP contribution in [-0.2, 0) is 24.6 Å². The molecule has 0 spiro atoms. The van der Waals surface area contributed by atoms with Gasteiger partial charge >= 0.3 is 11.9 Å². The quantitative estimate of drug-likeness (QED) is 0.118. The molecule has 2 aromatic carbocycles. The first-order chi connectivity index (χ1) is 18.1. The highest BCUT2D eigenvalue weighted by Crippen LogP contribution is 2.49. The van der Waals surface area contributed by atoms with Gasteiger partial charge in [0, 0.05) is 30.4 Å². The third-order valence-corrected chi connectivity index (χ3v) is 7.95. The summed E-state index contributed by atoms with van der Waals surface area (Å²) in [5.74, 6) is -0.348. The number of nitro groups is 1. The molecule has 202 valence electrons. The van der Waals surface area contributed by atoms with Gasteiger partial charge in [-0.15, -0.1) is 0 Å². The van der Waals surface area contributed by atoms with E-state index in [1.807, 2.05) is 39.0 Å². The smallest absolute Gasteiger partial charge is 0.334 e. The topological polar surface area (TPSA) is 108 Å². The van der Waals surface area contributed by atoms with Crippen LogP contribution in [0.25, 0.3) is 11.1 Å². The molecule has 0 N–H and O–H groups in total. The van der Waals surface area contributed by atoms with E-state index in [9.17, 15) is 19.7 Å². The van der Waals surface area contributed by atoms with Gasteiger partial charge in [-0.1, -0.05) is 57.3 Å². The summed E-state index contributed by atoms with van der Waals surface area (Å²) in [5, 5.41) is 15.5. The molecule has 4 rings (SSSR count). The Kier molecular flexibility index (Phi) is 8.29. The second-order valence-corrected chi connectivity index (χ2v) is 10.8. The molecule has 2 aromatic rings. The number of fused-ring (bicyclic) bond motifs is 3. The van der Waals surface area contributed by atoms with Crippen molar-refractivity contribution in [2.45, 2.75) is 90.6 Å². The van der Waals surface area contributed by atoms with Crippen LogP contribution in [0, 0.1) is 16.0 Å². The Morgan fingerprint density at radius 3 is 2.34 bits per heavy atom. The highest BCUT2D eigenvalue weighted by molar-refractivity contribution is 6.03. The molecule has 0 heterocycles. The van der Waals surface area contributed by atoms with Gasteiger partial charge in [0.1, 0.15) is 6.10 Å². The monoisotopic (exact) mass is 520 g/mol. The van der Waals surface area contributed by atoms with Gasteiger partial charge in [0.05, 0.1) is 17.1 Å². The van der Waals surface area contributed by atoms with Crippen LogP contribution in [0.15, 0.2) is 41.6 Å².